The fraction of sp³-hybridized carbons (Fsp3) is 1.00. The molecule has 0 amide bonds. The first kappa shape index (κ1) is 22.2. The lowest BCUT2D eigenvalue weighted by atomic mass is 9.40. The zero-order valence-corrected chi connectivity index (χ0v) is 20.3. The average molecular weight is 451 g/mol. The summed E-state index contributed by atoms with van der Waals surface area (Å²) in [6.45, 7) is 11.2. The Morgan fingerprint density at radius 2 is 1.31 bits per heavy atom. The summed E-state index contributed by atoms with van der Waals surface area (Å²) in [7, 11) is 0. The fourth-order valence-electron chi connectivity index (χ4n) is 9.88. The fourth-order valence-corrected chi connectivity index (χ4v) is 9.88. The molecule has 0 unspecified atom stereocenters. The molecule has 32 heavy (non-hydrogen) atoms. The molecule has 6 heteroatoms. The molecule has 2 heterocycles. The van der Waals surface area contributed by atoms with Crippen molar-refractivity contribution in [3.8, 4) is 0 Å². The molecule has 2 saturated heterocycles. The third kappa shape index (κ3) is 2.47. The summed E-state index contributed by atoms with van der Waals surface area (Å²) in [5.41, 5.74) is -2.12. The van der Waals surface area contributed by atoms with Gasteiger partial charge in [0, 0.05) is 23.7 Å². The molecule has 6 fully saturated rings. The smallest absolute Gasteiger partial charge is 0.195 e. The molecule has 1 spiro atoms. The molecule has 2 aliphatic heterocycles. The maximum absolute atomic E-state index is 12.3. The SMILES string of the molecule is C[C@@H]1C[C@H]2[C@@H]3CC[C@](O)(C4(C)OCCO4)[C@@]3(C)CC[C@@H]2[C@@]2(C)CCC3(C[C@]12O)OCCO3. The van der Waals surface area contributed by atoms with Crippen LogP contribution in [0.2, 0.25) is 0 Å². The summed E-state index contributed by atoms with van der Waals surface area (Å²) in [6, 6.07) is 0. The Morgan fingerprint density at radius 3 is 2.00 bits per heavy atom. The van der Waals surface area contributed by atoms with E-state index < -0.39 is 22.8 Å². The lowest BCUT2D eigenvalue weighted by Gasteiger charge is -2.67. The Labute approximate surface area is 192 Å². The zero-order valence-electron chi connectivity index (χ0n) is 20.3. The van der Waals surface area contributed by atoms with Crippen LogP contribution in [0, 0.1) is 34.5 Å². The van der Waals surface area contributed by atoms with Gasteiger partial charge in [-0.15, -0.1) is 0 Å². The van der Waals surface area contributed by atoms with Gasteiger partial charge in [-0.3, -0.25) is 0 Å². The molecule has 0 aromatic rings. The molecule has 0 aromatic heterocycles. The quantitative estimate of drug-likeness (QED) is 0.635. The van der Waals surface area contributed by atoms with Crippen molar-refractivity contribution >= 4 is 0 Å². The van der Waals surface area contributed by atoms with E-state index in [1.165, 1.54) is 0 Å². The van der Waals surface area contributed by atoms with Crippen molar-refractivity contribution in [3.05, 3.63) is 0 Å². The minimum absolute atomic E-state index is 0.151. The number of ether oxygens (including phenoxy) is 4. The summed E-state index contributed by atoms with van der Waals surface area (Å²) >= 11 is 0. The van der Waals surface area contributed by atoms with E-state index in [1.54, 1.807) is 0 Å². The molecule has 4 aliphatic carbocycles. The molecule has 2 N–H and O–H groups in total. The van der Waals surface area contributed by atoms with Crippen molar-refractivity contribution in [2.75, 3.05) is 26.4 Å². The molecule has 182 valence electrons. The highest BCUT2D eigenvalue weighted by Crippen LogP contribution is 2.72. The average Bonchev–Trinajstić information content (AvgIpc) is 3.45. The summed E-state index contributed by atoms with van der Waals surface area (Å²) in [5.74, 6) is 0.0630. The number of fused-ring (bicyclic) bond motifs is 5. The Kier molecular flexibility index (Phi) is 4.66. The van der Waals surface area contributed by atoms with Gasteiger partial charge in [-0.1, -0.05) is 20.8 Å². The van der Waals surface area contributed by atoms with Crippen LogP contribution < -0.4 is 0 Å². The monoisotopic (exact) mass is 450 g/mol. The highest BCUT2D eigenvalue weighted by atomic mass is 16.8. The van der Waals surface area contributed by atoms with Gasteiger partial charge in [0.2, 0.25) is 0 Å². The van der Waals surface area contributed by atoms with Crippen LogP contribution in [0.4, 0.5) is 0 Å². The van der Waals surface area contributed by atoms with Crippen LogP contribution in [0.5, 0.6) is 0 Å². The molecule has 6 rings (SSSR count). The largest absolute Gasteiger partial charge is 0.389 e. The number of aliphatic hydroxyl groups is 2. The highest BCUT2D eigenvalue weighted by molar-refractivity contribution is 5.21. The summed E-state index contributed by atoms with van der Waals surface area (Å²) < 4.78 is 24.2. The Hall–Kier alpha value is -0.240. The second-order valence-corrected chi connectivity index (χ2v) is 12.6. The molecule has 6 nitrogen and oxygen atoms in total. The normalized spacial score (nSPS) is 56.1. The van der Waals surface area contributed by atoms with Gasteiger partial charge < -0.3 is 29.2 Å². The van der Waals surface area contributed by atoms with Crippen molar-refractivity contribution in [1.29, 1.82) is 0 Å². The molecule has 0 radical (unpaired) electrons. The predicted octanol–water partition coefficient (Wildman–Crippen LogP) is 3.63. The van der Waals surface area contributed by atoms with Crippen LogP contribution in [-0.2, 0) is 18.9 Å². The second kappa shape index (κ2) is 6.70. The van der Waals surface area contributed by atoms with E-state index in [1.807, 2.05) is 6.92 Å². The lowest BCUT2D eigenvalue weighted by Crippen LogP contribution is -2.69. The third-order valence-electron chi connectivity index (χ3n) is 11.8. The summed E-state index contributed by atoms with van der Waals surface area (Å²) in [5, 5.41) is 24.4. The van der Waals surface area contributed by atoms with Crippen LogP contribution in [-0.4, -0.2) is 59.4 Å². The maximum Gasteiger partial charge on any atom is 0.195 e. The standard InChI is InChI=1S/C26H42O6/c1-17-15-18-19(21(2)9-10-24(16-25(17,21)27)31-13-14-32-24)5-7-22(3)20(18)6-8-26(22,28)23(4)29-11-12-30-23/h17-20,27-28H,5-16H2,1-4H3/t17-,18-,19+,20+,21-,22+,25+,26-/m1/s1. The molecule has 0 aromatic carbocycles. The van der Waals surface area contributed by atoms with Crippen LogP contribution in [0.1, 0.15) is 79.1 Å². The van der Waals surface area contributed by atoms with Gasteiger partial charge in [-0.2, -0.15) is 0 Å². The summed E-state index contributed by atoms with van der Waals surface area (Å²) in [6.07, 6.45) is 7.13. The van der Waals surface area contributed by atoms with E-state index in [2.05, 4.69) is 20.8 Å². The molecule has 8 atom stereocenters. The minimum Gasteiger partial charge on any atom is -0.389 e. The van der Waals surface area contributed by atoms with Gasteiger partial charge in [0.05, 0.1) is 32.0 Å². The highest BCUT2D eigenvalue weighted by Gasteiger charge is 2.73. The van der Waals surface area contributed by atoms with E-state index in [0.29, 0.717) is 50.6 Å². The Morgan fingerprint density at radius 1 is 0.719 bits per heavy atom. The van der Waals surface area contributed by atoms with E-state index in [-0.39, 0.29) is 16.7 Å². The second-order valence-electron chi connectivity index (χ2n) is 12.6. The van der Waals surface area contributed by atoms with Gasteiger partial charge in [-0.05, 0) is 69.1 Å². The Bertz CT molecular complexity index is 774. The minimum atomic E-state index is -0.966. The first-order valence-corrected chi connectivity index (χ1v) is 13.0. The third-order valence-corrected chi connectivity index (χ3v) is 11.8. The number of hydrogen-bond acceptors (Lipinski definition) is 6. The molecule has 4 saturated carbocycles. The van der Waals surface area contributed by atoms with Gasteiger partial charge in [-0.25, -0.2) is 0 Å². The molecular weight excluding hydrogens is 408 g/mol. The lowest BCUT2D eigenvalue weighted by molar-refractivity contribution is -0.318. The van der Waals surface area contributed by atoms with E-state index in [9.17, 15) is 10.2 Å². The van der Waals surface area contributed by atoms with E-state index in [0.717, 1.165) is 44.9 Å². The summed E-state index contributed by atoms with van der Waals surface area (Å²) in [4.78, 5) is 0. The van der Waals surface area contributed by atoms with Crippen molar-refractivity contribution in [2.24, 2.45) is 34.5 Å². The Balaban J connectivity index is 1.33. The van der Waals surface area contributed by atoms with Crippen LogP contribution in [0.25, 0.3) is 0 Å². The van der Waals surface area contributed by atoms with Crippen LogP contribution in [0.3, 0.4) is 0 Å². The number of hydrogen-bond donors (Lipinski definition) is 2. The van der Waals surface area contributed by atoms with Gasteiger partial charge in [0.1, 0.15) is 5.60 Å². The van der Waals surface area contributed by atoms with Crippen molar-refractivity contribution < 1.29 is 29.2 Å². The van der Waals surface area contributed by atoms with Gasteiger partial charge >= 0.3 is 0 Å². The van der Waals surface area contributed by atoms with Crippen LogP contribution >= 0.6 is 0 Å². The molecular formula is C26H42O6. The van der Waals surface area contributed by atoms with Crippen molar-refractivity contribution in [1.82, 2.24) is 0 Å². The van der Waals surface area contributed by atoms with Gasteiger partial charge in [0.25, 0.3) is 0 Å². The first-order chi connectivity index (χ1) is 15.0. The van der Waals surface area contributed by atoms with Crippen molar-refractivity contribution in [2.45, 2.75) is 102 Å². The van der Waals surface area contributed by atoms with E-state index in [4.69, 9.17) is 18.9 Å². The number of rotatable bonds is 1. The molecule has 6 aliphatic rings. The maximum atomic E-state index is 12.3. The van der Waals surface area contributed by atoms with Crippen LogP contribution in [0.15, 0.2) is 0 Å². The zero-order chi connectivity index (χ0) is 22.6. The molecule has 0 bridgehead atoms. The van der Waals surface area contributed by atoms with Gasteiger partial charge in [0.15, 0.2) is 11.6 Å². The predicted molar refractivity (Wildman–Crippen MR) is 118 cm³/mol. The van der Waals surface area contributed by atoms with E-state index >= 15 is 0 Å². The topological polar surface area (TPSA) is 77.4 Å². The van der Waals surface area contributed by atoms with Crippen molar-refractivity contribution in [3.63, 3.8) is 0 Å². The first-order valence-electron chi connectivity index (χ1n) is 13.0.